The number of H-pyrrole nitrogens is 1. The molecule has 1 unspecified atom stereocenters. The van der Waals surface area contributed by atoms with Crippen LogP contribution in [0.5, 0.6) is 0 Å². The highest BCUT2D eigenvalue weighted by atomic mass is 19.1. The third kappa shape index (κ3) is 3.24. The fourth-order valence-corrected chi connectivity index (χ4v) is 3.92. The molecular formula is C23H20FN3. The van der Waals surface area contributed by atoms with E-state index in [1.807, 2.05) is 6.07 Å². The van der Waals surface area contributed by atoms with E-state index in [0.29, 0.717) is 6.04 Å². The van der Waals surface area contributed by atoms with Crippen LogP contribution in [-0.4, -0.2) is 16.0 Å². The molecule has 1 aromatic heterocycles. The van der Waals surface area contributed by atoms with Crippen LogP contribution < -0.4 is 5.32 Å². The first-order chi connectivity index (χ1) is 13.2. The summed E-state index contributed by atoms with van der Waals surface area (Å²) >= 11 is 0. The SMILES string of the molecule is Fc1ccc2c(c1)CC(NCc1ccc(-c3ccc4[nH]cnc4c3)cc1)C2. The van der Waals surface area contributed by atoms with Crippen LogP contribution in [0.3, 0.4) is 0 Å². The molecule has 1 heterocycles. The number of benzene rings is 3. The highest BCUT2D eigenvalue weighted by Gasteiger charge is 2.21. The van der Waals surface area contributed by atoms with E-state index in [1.54, 1.807) is 18.5 Å². The summed E-state index contributed by atoms with van der Waals surface area (Å²) in [4.78, 5) is 7.45. The molecule has 1 aliphatic rings. The van der Waals surface area contributed by atoms with Crippen molar-refractivity contribution in [3.05, 3.63) is 89.5 Å². The van der Waals surface area contributed by atoms with Gasteiger partial charge in [0.1, 0.15) is 5.82 Å². The maximum absolute atomic E-state index is 13.4. The number of aromatic nitrogens is 2. The minimum atomic E-state index is -0.141. The molecule has 2 N–H and O–H groups in total. The van der Waals surface area contributed by atoms with Crippen LogP contribution in [0.1, 0.15) is 16.7 Å². The van der Waals surface area contributed by atoms with Gasteiger partial charge in [-0.3, -0.25) is 0 Å². The molecule has 1 aliphatic carbocycles. The standard InChI is InChI=1S/C23H20FN3/c24-20-7-5-17-10-21(11-19(17)9-20)25-13-15-1-3-16(4-2-15)18-6-8-22-23(12-18)27-14-26-22/h1-9,12,14,21,25H,10-11,13H2,(H,26,27). The number of halogens is 1. The fourth-order valence-electron chi connectivity index (χ4n) is 3.92. The topological polar surface area (TPSA) is 40.7 Å². The molecule has 4 aromatic rings. The van der Waals surface area contributed by atoms with Gasteiger partial charge in [0.05, 0.1) is 17.4 Å². The number of nitrogens with one attached hydrogen (secondary N) is 2. The summed E-state index contributed by atoms with van der Waals surface area (Å²) < 4.78 is 13.4. The zero-order chi connectivity index (χ0) is 18.2. The monoisotopic (exact) mass is 357 g/mol. The Labute approximate surface area is 157 Å². The van der Waals surface area contributed by atoms with Gasteiger partial charge >= 0.3 is 0 Å². The average molecular weight is 357 g/mol. The van der Waals surface area contributed by atoms with Gasteiger partial charge in [0.25, 0.3) is 0 Å². The smallest absolute Gasteiger partial charge is 0.123 e. The average Bonchev–Trinajstić information content (AvgIpc) is 3.32. The highest BCUT2D eigenvalue weighted by molar-refractivity contribution is 5.81. The van der Waals surface area contributed by atoms with Gasteiger partial charge in [0.15, 0.2) is 0 Å². The summed E-state index contributed by atoms with van der Waals surface area (Å²) in [5.41, 5.74) is 8.04. The van der Waals surface area contributed by atoms with Gasteiger partial charge in [0.2, 0.25) is 0 Å². The first-order valence-electron chi connectivity index (χ1n) is 9.28. The van der Waals surface area contributed by atoms with E-state index in [-0.39, 0.29) is 5.82 Å². The van der Waals surface area contributed by atoms with Crippen LogP contribution in [0.2, 0.25) is 0 Å². The number of aromatic amines is 1. The molecule has 0 saturated carbocycles. The van der Waals surface area contributed by atoms with Gasteiger partial charge in [-0.15, -0.1) is 0 Å². The second-order valence-electron chi connectivity index (χ2n) is 7.23. The largest absolute Gasteiger partial charge is 0.345 e. The van der Waals surface area contributed by atoms with Gasteiger partial charge in [0, 0.05) is 12.6 Å². The van der Waals surface area contributed by atoms with Gasteiger partial charge in [-0.1, -0.05) is 36.4 Å². The van der Waals surface area contributed by atoms with Crippen LogP contribution in [-0.2, 0) is 19.4 Å². The molecule has 4 heteroatoms. The van der Waals surface area contributed by atoms with Crippen LogP contribution in [0.25, 0.3) is 22.2 Å². The Morgan fingerprint density at radius 3 is 2.63 bits per heavy atom. The fraction of sp³-hybridized carbons (Fsp3) is 0.174. The van der Waals surface area contributed by atoms with Gasteiger partial charge in [-0.25, -0.2) is 9.37 Å². The van der Waals surface area contributed by atoms with E-state index in [0.717, 1.165) is 36.0 Å². The molecule has 0 fully saturated rings. The van der Waals surface area contributed by atoms with Crippen molar-refractivity contribution in [3.8, 4) is 11.1 Å². The lowest BCUT2D eigenvalue weighted by molar-refractivity contribution is 0.532. The Kier molecular flexibility index (Phi) is 3.98. The van der Waals surface area contributed by atoms with Crippen LogP contribution in [0.15, 0.2) is 67.0 Å². The van der Waals surface area contributed by atoms with E-state index >= 15 is 0 Å². The van der Waals surface area contributed by atoms with Gasteiger partial charge < -0.3 is 10.3 Å². The molecule has 0 aliphatic heterocycles. The lowest BCUT2D eigenvalue weighted by Gasteiger charge is -2.12. The molecule has 134 valence electrons. The Morgan fingerprint density at radius 1 is 0.926 bits per heavy atom. The lowest BCUT2D eigenvalue weighted by atomic mass is 10.0. The summed E-state index contributed by atoms with van der Waals surface area (Å²) in [6.07, 6.45) is 3.59. The van der Waals surface area contributed by atoms with E-state index in [9.17, 15) is 4.39 Å². The molecule has 0 spiro atoms. The maximum Gasteiger partial charge on any atom is 0.123 e. The molecule has 3 nitrogen and oxygen atoms in total. The molecule has 0 amide bonds. The van der Waals surface area contributed by atoms with Crippen molar-refractivity contribution in [1.82, 2.24) is 15.3 Å². The van der Waals surface area contributed by atoms with Crippen molar-refractivity contribution in [3.63, 3.8) is 0 Å². The Balaban J connectivity index is 1.25. The Morgan fingerprint density at radius 2 is 1.74 bits per heavy atom. The highest BCUT2D eigenvalue weighted by Crippen LogP contribution is 2.25. The van der Waals surface area contributed by atoms with Gasteiger partial charge in [-0.2, -0.15) is 0 Å². The third-order valence-electron chi connectivity index (χ3n) is 5.40. The normalized spacial score (nSPS) is 16.0. The van der Waals surface area contributed by atoms with Crippen molar-refractivity contribution in [2.24, 2.45) is 0 Å². The predicted molar refractivity (Wildman–Crippen MR) is 106 cm³/mol. The summed E-state index contributed by atoms with van der Waals surface area (Å²) in [7, 11) is 0. The number of hydrogen-bond acceptors (Lipinski definition) is 2. The number of hydrogen-bond donors (Lipinski definition) is 2. The van der Waals surface area contributed by atoms with Crippen molar-refractivity contribution in [2.45, 2.75) is 25.4 Å². The molecule has 0 bridgehead atoms. The van der Waals surface area contributed by atoms with Crippen LogP contribution in [0, 0.1) is 5.82 Å². The zero-order valence-electron chi connectivity index (χ0n) is 14.9. The predicted octanol–water partition coefficient (Wildman–Crippen LogP) is 4.63. The van der Waals surface area contributed by atoms with Crippen LogP contribution >= 0.6 is 0 Å². The third-order valence-corrected chi connectivity index (χ3v) is 5.40. The zero-order valence-corrected chi connectivity index (χ0v) is 14.9. The van der Waals surface area contributed by atoms with E-state index in [1.165, 1.54) is 22.3 Å². The number of nitrogens with zero attached hydrogens (tertiary/aromatic N) is 1. The summed E-state index contributed by atoms with van der Waals surface area (Å²) in [6, 6.07) is 20.4. The minimum Gasteiger partial charge on any atom is -0.345 e. The quantitative estimate of drug-likeness (QED) is 0.559. The van der Waals surface area contributed by atoms with E-state index in [2.05, 4.69) is 57.7 Å². The first-order valence-corrected chi connectivity index (χ1v) is 9.28. The Bertz CT molecular complexity index is 1100. The van der Waals surface area contributed by atoms with Crippen LogP contribution in [0.4, 0.5) is 4.39 Å². The molecule has 0 radical (unpaired) electrons. The molecule has 27 heavy (non-hydrogen) atoms. The second-order valence-corrected chi connectivity index (χ2v) is 7.23. The van der Waals surface area contributed by atoms with Crippen molar-refractivity contribution >= 4 is 11.0 Å². The molecule has 1 atom stereocenters. The van der Waals surface area contributed by atoms with Gasteiger partial charge in [-0.05, 0) is 64.9 Å². The molecule has 5 rings (SSSR count). The Hall–Kier alpha value is -2.98. The van der Waals surface area contributed by atoms with Crippen molar-refractivity contribution in [2.75, 3.05) is 0 Å². The summed E-state index contributed by atoms with van der Waals surface area (Å²) in [5.74, 6) is -0.141. The number of rotatable bonds is 4. The summed E-state index contributed by atoms with van der Waals surface area (Å²) in [6.45, 7) is 0.819. The molecular weight excluding hydrogens is 337 g/mol. The van der Waals surface area contributed by atoms with E-state index in [4.69, 9.17) is 0 Å². The summed E-state index contributed by atoms with van der Waals surface area (Å²) in [5, 5.41) is 3.61. The lowest BCUT2D eigenvalue weighted by Crippen LogP contribution is -2.28. The first kappa shape index (κ1) is 16.2. The molecule has 3 aromatic carbocycles. The minimum absolute atomic E-state index is 0.141. The van der Waals surface area contributed by atoms with E-state index < -0.39 is 0 Å². The number of imidazole rings is 1. The van der Waals surface area contributed by atoms with Crippen molar-refractivity contribution < 1.29 is 4.39 Å². The van der Waals surface area contributed by atoms with Crippen molar-refractivity contribution in [1.29, 1.82) is 0 Å². The number of fused-ring (bicyclic) bond motifs is 2. The molecule has 0 saturated heterocycles. The maximum atomic E-state index is 13.4. The second kappa shape index (κ2) is 6.63.